The normalized spacial score (nSPS) is 17.8. The van der Waals surface area contributed by atoms with Crippen molar-refractivity contribution in [3.63, 3.8) is 0 Å². The molecular weight excluding hydrogens is 224 g/mol. The zero-order valence-corrected chi connectivity index (χ0v) is 11.1. The monoisotopic (exact) mass is 246 g/mol. The highest BCUT2D eigenvalue weighted by Gasteiger charge is 2.19. The lowest BCUT2D eigenvalue weighted by atomic mass is 10.3. The van der Waals surface area contributed by atoms with Crippen LogP contribution in [-0.4, -0.2) is 74.2 Å². The molecule has 0 aliphatic carbocycles. The van der Waals surface area contributed by atoms with Crippen LogP contribution in [0.15, 0.2) is 0 Å². The van der Waals surface area contributed by atoms with Crippen molar-refractivity contribution >= 4 is 17.7 Å². The summed E-state index contributed by atoms with van der Waals surface area (Å²) in [5.41, 5.74) is 0. The maximum atomic E-state index is 11.7. The van der Waals surface area contributed by atoms with Gasteiger partial charge in [-0.05, 0) is 6.26 Å². The van der Waals surface area contributed by atoms with Gasteiger partial charge in [0.25, 0.3) is 0 Å². The van der Waals surface area contributed by atoms with E-state index >= 15 is 0 Å². The summed E-state index contributed by atoms with van der Waals surface area (Å²) in [5.74, 6) is 1.41. The maximum absolute atomic E-state index is 11.7. The van der Waals surface area contributed by atoms with Gasteiger partial charge < -0.3 is 9.64 Å². The van der Waals surface area contributed by atoms with Crippen molar-refractivity contribution in [2.45, 2.75) is 6.42 Å². The molecule has 1 fully saturated rings. The van der Waals surface area contributed by atoms with E-state index in [0.717, 1.165) is 32.7 Å². The van der Waals surface area contributed by atoms with Crippen LogP contribution in [0, 0.1) is 0 Å². The Morgan fingerprint density at radius 1 is 1.31 bits per heavy atom. The fraction of sp³-hybridized carbons (Fsp3) is 0.909. The summed E-state index contributed by atoms with van der Waals surface area (Å²) in [7, 11) is 1.63. The lowest BCUT2D eigenvalue weighted by molar-refractivity contribution is -0.133. The van der Waals surface area contributed by atoms with E-state index in [9.17, 15) is 4.79 Å². The molecule has 0 saturated carbocycles. The van der Waals surface area contributed by atoms with Crippen LogP contribution in [0.25, 0.3) is 0 Å². The quantitative estimate of drug-likeness (QED) is 0.684. The predicted molar refractivity (Wildman–Crippen MR) is 67.9 cm³/mol. The lowest BCUT2D eigenvalue weighted by Crippen LogP contribution is -2.49. The minimum atomic E-state index is 0.228. The standard InChI is InChI=1S/C11H22N2O2S/c1-15-9-3-11(14)13-6-4-12(5-7-13)8-10-16-2/h3-10H2,1-2H3. The molecule has 0 aromatic heterocycles. The summed E-state index contributed by atoms with van der Waals surface area (Å²) >= 11 is 1.87. The summed E-state index contributed by atoms with van der Waals surface area (Å²) in [4.78, 5) is 16.1. The van der Waals surface area contributed by atoms with Crippen molar-refractivity contribution in [2.24, 2.45) is 0 Å². The molecule has 1 rings (SSSR count). The van der Waals surface area contributed by atoms with E-state index in [1.807, 2.05) is 16.7 Å². The lowest BCUT2D eigenvalue weighted by Gasteiger charge is -2.34. The molecule has 1 aliphatic rings. The first-order valence-electron chi connectivity index (χ1n) is 5.76. The van der Waals surface area contributed by atoms with Crippen molar-refractivity contribution in [1.82, 2.24) is 9.80 Å². The van der Waals surface area contributed by atoms with Gasteiger partial charge in [0, 0.05) is 45.6 Å². The van der Waals surface area contributed by atoms with E-state index in [2.05, 4.69) is 11.2 Å². The number of rotatable bonds is 6. The summed E-state index contributed by atoms with van der Waals surface area (Å²) in [6, 6.07) is 0. The molecule has 1 saturated heterocycles. The molecule has 0 N–H and O–H groups in total. The van der Waals surface area contributed by atoms with Crippen LogP contribution in [0.5, 0.6) is 0 Å². The van der Waals surface area contributed by atoms with E-state index in [1.54, 1.807) is 7.11 Å². The number of thioether (sulfide) groups is 1. The number of carbonyl (C=O) groups excluding carboxylic acids is 1. The van der Waals surface area contributed by atoms with Gasteiger partial charge in [0.15, 0.2) is 0 Å². The topological polar surface area (TPSA) is 32.8 Å². The number of ether oxygens (including phenoxy) is 1. The Hall–Kier alpha value is -0.260. The third-order valence-corrected chi connectivity index (χ3v) is 3.45. The van der Waals surface area contributed by atoms with Gasteiger partial charge in [0.05, 0.1) is 13.0 Å². The average Bonchev–Trinajstić information content (AvgIpc) is 2.34. The van der Waals surface area contributed by atoms with Crippen LogP contribution in [0.3, 0.4) is 0 Å². The Kier molecular flexibility index (Phi) is 6.84. The molecule has 0 spiro atoms. The van der Waals surface area contributed by atoms with Crippen LogP contribution >= 0.6 is 11.8 Å². The largest absolute Gasteiger partial charge is 0.384 e. The molecule has 5 heteroatoms. The van der Waals surface area contributed by atoms with Crippen molar-refractivity contribution in [2.75, 3.05) is 58.4 Å². The molecule has 0 radical (unpaired) electrons. The third-order valence-electron chi connectivity index (χ3n) is 2.86. The smallest absolute Gasteiger partial charge is 0.224 e. The van der Waals surface area contributed by atoms with Crippen LogP contribution in [-0.2, 0) is 9.53 Å². The Bertz CT molecular complexity index is 206. The highest BCUT2D eigenvalue weighted by atomic mass is 32.2. The maximum Gasteiger partial charge on any atom is 0.224 e. The van der Waals surface area contributed by atoms with Crippen LogP contribution in [0.2, 0.25) is 0 Å². The van der Waals surface area contributed by atoms with Crippen molar-refractivity contribution in [3.05, 3.63) is 0 Å². The fourth-order valence-electron chi connectivity index (χ4n) is 1.79. The average molecular weight is 246 g/mol. The summed E-state index contributed by atoms with van der Waals surface area (Å²) in [6.45, 7) is 5.44. The number of amides is 1. The zero-order valence-electron chi connectivity index (χ0n) is 10.3. The van der Waals surface area contributed by atoms with Crippen LogP contribution in [0.4, 0.5) is 0 Å². The molecule has 0 atom stereocenters. The SMILES string of the molecule is COCCC(=O)N1CCN(CCSC)CC1. The third kappa shape index (κ3) is 4.72. The van der Waals surface area contributed by atoms with Gasteiger partial charge >= 0.3 is 0 Å². The van der Waals surface area contributed by atoms with Crippen molar-refractivity contribution in [3.8, 4) is 0 Å². The first kappa shape index (κ1) is 13.8. The number of nitrogens with zero attached hydrogens (tertiary/aromatic N) is 2. The number of methoxy groups -OCH3 is 1. The zero-order chi connectivity index (χ0) is 11.8. The van der Waals surface area contributed by atoms with Gasteiger partial charge in [-0.2, -0.15) is 11.8 Å². The highest BCUT2D eigenvalue weighted by molar-refractivity contribution is 7.98. The van der Waals surface area contributed by atoms with Gasteiger partial charge in [-0.15, -0.1) is 0 Å². The van der Waals surface area contributed by atoms with Crippen molar-refractivity contribution in [1.29, 1.82) is 0 Å². The van der Waals surface area contributed by atoms with E-state index in [0.29, 0.717) is 13.0 Å². The van der Waals surface area contributed by atoms with Crippen LogP contribution in [0.1, 0.15) is 6.42 Å². The van der Waals surface area contributed by atoms with Gasteiger partial charge in [-0.1, -0.05) is 0 Å². The molecule has 1 heterocycles. The Morgan fingerprint density at radius 3 is 2.56 bits per heavy atom. The second kappa shape index (κ2) is 7.92. The first-order valence-corrected chi connectivity index (χ1v) is 7.15. The number of piperazine rings is 1. The van der Waals surface area contributed by atoms with E-state index in [-0.39, 0.29) is 5.91 Å². The molecule has 16 heavy (non-hydrogen) atoms. The minimum absolute atomic E-state index is 0.228. The molecule has 1 amide bonds. The predicted octanol–water partition coefficient (Wildman–Crippen LogP) is 0.530. The number of hydrogen-bond donors (Lipinski definition) is 0. The van der Waals surface area contributed by atoms with Crippen LogP contribution < -0.4 is 0 Å². The Morgan fingerprint density at radius 2 is 2.00 bits per heavy atom. The van der Waals surface area contributed by atoms with Gasteiger partial charge in [-0.3, -0.25) is 9.69 Å². The second-order valence-electron chi connectivity index (χ2n) is 3.96. The van der Waals surface area contributed by atoms with E-state index in [4.69, 9.17) is 4.74 Å². The molecule has 0 aromatic carbocycles. The second-order valence-corrected chi connectivity index (χ2v) is 4.94. The molecule has 94 valence electrons. The fourth-order valence-corrected chi connectivity index (χ4v) is 2.23. The summed E-state index contributed by atoms with van der Waals surface area (Å²) in [6.07, 6.45) is 2.64. The molecule has 0 aromatic rings. The summed E-state index contributed by atoms with van der Waals surface area (Å²) in [5, 5.41) is 0. The molecule has 0 unspecified atom stereocenters. The van der Waals surface area contributed by atoms with Gasteiger partial charge in [0.2, 0.25) is 5.91 Å². The highest BCUT2D eigenvalue weighted by Crippen LogP contribution is 2.05. The molecule has 4 nitrogen and oxygen atoms in total. The Balaban J connectivity index is 2.18. The number of carbonyl (C=O) groups is 1. The molecule has 1 aliphatic heterocycles. The molecule has 0 bridgehead atoms. The Labute approximate surface area is 102 Å². The van der Waals surface area contributed by atoms with E-state index < -0.39 is 0 Å². The van der Waals surface area contributed by atoms with E-state index in [1.165, 1.54) is 5.75 Å². The van der Waals surface area contributed by atoms with Gasteiger partial charge in [-0.25, -0.2) is 0 Å². The molecular formula is C11H22N2O2S. The minimum Gasteiger partial charge on any atom is -0.384 e. The summed E-state index contributed by atoms with van der Waals surface area (Å²) < 4.78 is 4.92. The number of hydrogen-bond acceptors (Lipinski definition) is 4. The van der Waals surface area contributed by atoms with Crippen molar-refractivity contribution < 1.29 is 9.53 Å². The first-order chi connectivity index (χ1) is 7.77. The van der Waals surface area contributed by atoms with Gasteiger partial charge in [0.1, 0.15) is 0 Å².